The molecule has 1 unspecified atom stereocenters. The van der Waals surface area contributed by atoms with Crippen LogP contribution in [0.3, 0.4) is 0 Å². The van der Waals surface area contributed by atoms with Crippen molar-refractivity contribution in [3.05, 3.63) is 12.3 Å². The summed E-state index contributed by atoms with van der Waals surface area (Å²) in [6.45, 7) is 8.06. The van der Waals surface area contributed by atoms with E-state index in [1.807, 2.05) is 6.20 Å². The van der Waals surface area contributed by atoms with Crippen LogP contribution in [-0.2, 0) is 0 Å². The molecule has 1 atom stereocenters. The summed E-state index contributed by atoms with van der Waals surface area (Å²) in [7, 11) is 0. The van der Waals surface area contributed by atoms with Crippen molar-refractivity contribution in [2.24, 2.45) is 0 Å². The van der Waals surface area contributed by atoms with E-state index in [0.29, 0.717) is 6.04 Å². The van der Waals surface area contributed by atoms with Crippen LogP contribution in [-0.4, -0.2) is 53.6 Å². The average molecular weight is 317 g/mol. The molecule has 0 aromatic carbocycles. The van der Waals surface area contributed by atoms with Gasteiger partial charge in [-0.25, -0.2) is 4.98 Å². The summed E-state index contributed by atoms with van der Waals surface area (Å²) >= 11 is 0. The average Bonchev–Trinajstić information content (AvgIpc) is 2.84. The number of nitrogens with one attached hydrogen (secondary N) is 1. The van der Waals surface area contributed by atoms with Gasteiger partial charge in [0.1, 0.15) is 5.82 Å². The predicted octanol–water partition coefficient (Wildman–Crippen LogP) is 3.14. The van der Waals surface area contributed by atoms with Gasteiger partial charge in [0.2, 0.25) is 5.95 Å². The number of hydrogen-bond acceptors (Lipinski definition) is 5. The minimum atomic E-state index is 0.492. The number of nitrogens with zero attached hydrogens (tertiary/aromatic N) is 4. The van der Waals surface area contributed by atoms with E-state index in [0.717, 1.165) is 31.4 Å². The second-order valence-electron chi connectivity index (χ2n) is 6.92. The minimum Gasteiger partial charge on any atom is -0.356 e. The van der Waals surface area contributed by atoms with Crippen LogP contribution in [0.5, 0.6) is 0 Å². The highest BCUT2D eigenvalue weighted by Gasteiger charge is 2.22. The summed E-state index contributed by atoms with van der Waals surface area (Å²) in [5.41, 5.74) is 0. The first-order valence-corrected chi connectivity index (χ1v) is 9.42. The van der Waals surface area contributed by atoms with E-state index in [2.05, 4.69) is 33.1 Å². The zero-order valence-electron chi connectivity index (χ0n) is 14.5. The van der Waals surface area contributed by atoms with Crippen molar-refractivity contribution in [2.75, 3.05) is 42.9 Å². The van der Waals surface area contributed by atoms with Crippen LogP contribution in [0, 0.1) is 0 Å². The highest BCUT2D eigenvalue weighted by Crippen LogP contribution is 2.19. The lowest BCUT2D eigenvalue weighted by Crippen LogP contribution is -2.28. The Balaban J connectivity index is 1.55. The van der Waals surface area contributed by atoms with Gasteiger partial charge in [0.05, 0.1) is 0 Å². The normalized spacial score (nSPS) is 23.0. The van der Waals surface area contributed by atoms with Gasteiger partial charge < -0.3 is 15.1 Å². The van der Waals surface area contributed by atoms with Crippen LogP contribution in [0.2, 0.25) is 0 Å². The molecule has 0 amide bonds. The lowest BCUT2D eigenvalue weighted by atomic mass is 10.2. The van der Waals surface area contributed by atoms with Crippen LogP contribution in [0.1, 0.15) is 51.9 Å². The van der Waals surface area contributed by atoms with E-state index in [9.17, 15) is 0 Å². The summed E-state index contributed by atoms with van der Waals surface area (Å²) < 4.78 is 0. The molecule has 3 heterocycles. The Morgan fingerprint density at radius 1 is 1.17 bits per heavy atom. The summed E-state index contributed by atoms with van der Waals surface area (Å²) in [5, 5.41) is 3.55. The summed E-state index contributed by atoms with van der Waals surface area (Å²) in [4.78, 5) is 14.2. The SMILES string of the molecule is CCCCN1CCC(Nc2nccc(N3CCCCCC3)n2)C1. The van der Waals surface area contributed by atoms with Crippen molar-refractivity contribution < 1.29 is 0 Å². The number of aromatic nitrogens is 2. The molecule has 5 heteroatoms. The smallest absolute Gasteiger partial charge is 0.224 e. The van der Waals surface area contributed by atoms with E-state index in [1.165, 1.54) is 58.0 Å². The lowest BCUT2D eigenvalue weighted by molar-refractivity contribution is 0.330. The number of anilines is 2. The molecule has 23 heavy (non-hydrogen) atoms. The third kappa shape index (κ3) is 4.80. The van der Waals surface area contributed by atoms with Crippen molar-refractivity contribution in [1.29, 1.82) is 0 Å². The summed E-state index contributed by atoms with van der Waals surface area (Å²) in [6, 6.07) is 2.55. The number of likely N-dealkylation sites (tertiary alicyclic amines) is 1. The highest BCUT2D eigenvalue weighted by atomic mass is 15.3. The molecule has 2 fully saturated rings. The maximum absolute atomic E-state index is 4.77. The Kier molecular flexibility index (Phi) is 6.08. The summed E-state index contributed by atoms with van der Waals surface area (Å²) in [6.07, 6.45) is 10.9. The largest absolute Gasteiger partial charge is 0.356 e. The van der Waals surface area contributed by atoms with Gasteiger partial charge in [0.15, 0.2) is 0 Å². The Morgan fingerprint density at radius 2 is 2.00 bits per heavy atom. The van der Waals surface area contributed by atoms with Gasteiger partial charge in [-0.05, 0) is 38.3 Å². The third-order valence-electron chi connectivity index (χ3n) is 5.00. The molecule has 2 saturated heterocycles. The molecule has 0 aliphatic carbocycles. The van der Waals surface area contributed by atoms with E-state index < -0.39 is 0 Å². The standard InChI is InChI=1S/C18H31N5/c1-2-3-11-22-14-9-16(15-22)20-18-19-10-8-17(21-18)23-12-6-4-5-7-13-23/h8,10,16H,2-7,9,11-15H2,1H3,(H,19,20,21). The van der Waals surface area contributed by atoms with Crippen LogP contribution in [0.4, 0.5) is 11.8 Å². The first-order valence-electron chi connectivity index (χ1n) is 9.42. The third-order valence-corrected chi connectivity index (χ3v) is 5.00. The Bertz CT molecular complexity index is 470. The Hall–Kier alpha value is -1.36. The molecular weight excluding hydrogens is 286 g/mol. The molecule has 1 aromatic rings. The predicted molar refractivity (Wildman–Crippen MR) is 96.1 cm³/mol. The van der Waals surface area contributed by atoms with E-state index in [-0.39, 0.29) is 0 Å². The van der Waals surface area contributed by atoms with Crippen molar-refractivity contribution >= 4 is 11.8 Å². The number of rotatable bonds is 6. The van der Waals surface area contributed by atoms with Crippen molar-refractivity contribution in [3.63, 3.8) is 0 Å². The monoisotopic (exact) mass is 317 g/mol. The number of hydrogen-bond donors (Lipinski definition) is 1. The topological polar surface area (TPSA) is 44.3 Å². The molecule has 1 aromatic heterocycles. The van der Waals surface area contributed by atoms with E-state index in [1.54, 1.807) is 0 Å². The lowest BCUT2D eigenvalue weighted by Gasteiger charge is -2.22. The molecule has 0 bridgehead atoms. The molecule has 2 aliphatic heterocycles. The molecule has 0 radical (unpaired) electrons. The fourth-order valence-electron chi connectivity index (χ4n) is 3.61. The second-order valence-corrected chi connectivity index (χ2v) is 6.92. The van der Waals surface area contributed by atoms with Gasteiger partial charge in [-0.1, -0.05) is 26.2 Å². The molecule has 128 valence electrons. The molecule has 2 aliphatic rings. The van der Waals surface area contributed by atoms with E-state index in [4.69, 9.17) is 4.98 Å². The van der Waals surface area contributed by atoms with Gasteiger partial charge >= 0.3 is 0 Å². The van der Waals surface area contributed by atoms with Gasteiger partial charge in [0.25, 0.3) is 0 Å². The summed E-state index contributed by atoms with van der Waals surface area (Å²) in [5.74, 6) is 1.89. The molecule has 5 nitrogen and oxygen atoms in total. The number of unbranched alkanes of at least 4 members (excludes halogenated alkanes) is 1. The fourth-order valence-corrected chi connectivity index (χ4v) is 3.61. The fraction of sp³-hybridized carbons (Fsp3) is 0.778. The van der Waals surface area contributed by atoms with Crippen LogP contribution >= 0.6 is 0 Å². The Labute approximate surface area is 140 Å². The second kappa shape index (κ2) is 8.48. The van der Waals surface area contributed by atoms with Crippen LogP contribution < -0.4 is 10.2 Å². The van der Waals surface area contributed by atoms with E-state index >= 15 is 0 Å². The molecule has 1 N–H and O–H groups in total. The van der Waals surface area contributed by atoms with Crippen LogP contribution in [0.15, 0.2) is 12.3 Å². The zero-order valence-corrected chi connectivity index (χ0v) is 14.5. The van der Waals surface area contributed by atoms with Gasteiger partial charge in [-0.3, -0.25) is 0 Å². The highest BCUT2D eigenvalue weighted by molar-refractivity contribution is 5.43. The maximum Gasteiger partial charge on any atom is 0.224 e. The molecular formula is C18H31N5. The molecule has 0 spiro atoms. The zero-order chi connectivity index (χ0) is 15.9. The van der Waals surface area contributed by atoms with Gasteiger partial charge in [0, 0.05) is 38.4 Å². The first-order chi connectivity index (χ1) is 11.3. The Morgan fingerprint density at radius 3 is 2.78 bits per heavy atom. The van der Waals surface area contributed by atoms with Crippen LogP contribution in [0.25, 0.3) is 0 Å². The van der Waals surface area contributed by atoms with Crippen molar-refractivity contribution in [1.82, 2.24) is 14.9 Å². The quantitative estimate of drug-likeness (QED) is 0.873. The van der Waals surface area contributed by atoms with Gasteiger partial charge in [-0.15, -0.1) is 0 Å². The maximum atomic E-state index is 4.77. The molecule has 0 saturated carbocycles. The first kappa shape index (κ1) is 16.5. The van der Waals surface area contributed by atoms with Crippen molar-refractivity contribution in [2.45, 2.75) is 57.9 Å². The molecule has 3 rings (SSSR count). The minimum absolute atomic E-state index is 0.492. The van der Waals surface area contributed by atoms with Gasteiger partial charge in [-0.2, -0.15) is 4.98 Å². The van der Waals surface area contributed by atoms with Crippen molar-refractivity contribution in [3.8, 4) is 0 Å².